The van der Waals surface area contributed by atoms with Gasteiger partial charge in [0.25, 0.3) is 0 Å². The van der Waals surface area contributed by atoms with E-state index in [0.29, 0.717) is 12.0 Å². The van der Waals surface area contributed by atoms with Crippen LogP contribution in [0, 0.1) is 10.8 Å². The van der Waals surface area contributed by atoms with Crippen molar-refractivity contribution in [2.45, 2.75) is 58.0 Å². The van der Waals surface area contributed by atoms with E-state index in [1.54, 1.807) is 0 Å². The molecule has 0 bridgehead atoms. The molecular formula is C18H25NO. The highest BCUT2D eigenvalue weighted by molar-refractivity contribution is 6.07. The van der Waals surface area contributed by atoms with Crippen LogP contribution in [0.3, 0.4) is 0 Å². The van der Waals surface area contributed by atoms with Crippen molar-refractivity contribution >= 4 is 5.71 Å². The van der Waals surface area contributed by atoms with Gasteiger partial charge in [0, 0.05) is 18.2 Å². The van der Waals surface area contributed by atoms with Crippen molar-refractivity contribution in [2.24, 2.45) is 5.41 Å². The third-order valence-corrected chi connectivity index (χ3v) is 5.35. The fourth-order valence-electron chi connectivity index (χ4n) is 3.89. The van der Waals surface area contributed by atoms with Crippen molar-refractivity contribution in [1.29, 1.82) is 5.41 Å². The molecule has 0 heterocycles. The zero-order chi connectivity index (χ0) is 14.3. The van der Waals surface area contributed by atoms with Gasteiger partial charge in [0.2, 0.25) is 0 Å². The molecule has 0 saturated heterocycles. The number of benzene rings is 1. The van der Waals surface area contributed by atoms with Crippen molar-refractivity contribution < 1.29 is 4.74 Å². The van der Waals surface area contributed by atoms with Gasteiger partial charge in [-0.3, -0.25) is 0 Å². The lowest BCUT2D eigenvalue weighted by Gasteiger charge is -2.36. The molecule has 1 spiro atoms. The predicted octanol–water partition coefficient (Wildman–Crippen LogP) is 4.31. The number of hydrogen-bond donors (Lipinski definition) is 1. The molecule has 0 unspecified atom stereocenters. The van der Waals surface area contributed by atoms with Crippen LogP contribution in [-0.4, -0.2) is 18.9 Å². The topological polar surface area (TPSA) is 33.1 Å². The zero-order valence-corrected chi connectivity index (χ0v) is 12.8. The Balaban J connectivity index is 1.87. The maximum atomic E-state index is 8.69. The van der Waals surface area contributed by atoms with Crippen LogP contribution in [0.25, 0.3) is 0 Å². The molecule has 1 fully saturated rings. The maximum absolute atomic E-state index is 8.69. The van der Waals surface area contributed by atoms with Gasteiger partial charge < -0.3 is 10.1 Å². The first-order chi connectivity index (χ1) is 9.55. The molecule has 108 valence electrons. The average molecular weight is 271 g/mol. The monoisotopic (exact) mass is 271 g/mol. The van der Waals surface area contributed by atoms with Crippen molar-refractivity contribution in [3.05, 3.63) is 34.9 Å². The minimum Gasteiger partial charge on any atom is -0.381 e. The smallest absolute Gasteiger partial charge is 0.0572 e. The number of ether oxygens (including phenoxy) is 1. The lowest BCUT2D eigenvalue weighted by molar-refractivity contribution is 0.0467. The van der Waals surface area contributed by atoms with Gasteiger partial charge in [0.05, 0.1) is 6.10 Å². The minimum atomic E-state index is 0.104. The summed E-state index contributed by atoms with van der Waals surface area (Å²) in [5.74, 6) is 0.536. The summed E-state index contributed by atoms with van der Waals surface area (Å²) in [6, 6.07) is 6.77. The molecule has 0 aromatic heterocycles. The van der Waals surface area contributed by atoms with E-state index in [1.807, 2.05) is 7.11 Å². The van der Waals surface area contributed by atoms with Crippen LogP contribution in [0.1, 0.15) is 62.1 Å². The minimum absolute atomic E-state index is 0.104. The molecule has 1 N–H and O–H groups in total. The molecule has 3 rings (SSSR count). The summed E-state index contributed by atoms with van der Waals surface area (Å²) in [6.45, 7) is 4.44. The summed E-state index contributed by atoms with van der Waals surface area (Å²) >= 11 is 0. The van der Waals surface area contributed by atoms with E-state index in [-0.39, 0.29) is 5.41 Å². The van der Waals surface area contributed by atoms with E-state index in [0.717, 1.165) is 37.8 Å². The molecule has 0 amide bonds. The Morgan fingerprint density at radius 2 is 1.95 bits per heavy atom. The quantitative estimate of drug-likeness (QED) is 0.854. The molecule has 0 aliphatic heterocycles. The summed E-state index contributed by atoms with van der Waals surface area (Å²) < 4.78 is 5.49. The fourth-order valence-corrected chi connectivity index (χ4v) is 3.89. The number of rotatable bonds is 2. The predicted molar refractivity (Wildman–Crippen MR) is 82.8 cm³/mol. The molecule has 2 heteroatoms. The second-order valence-electron chi connectivity index (χ2n) is 6.84. The third-order valence-electron chi connectivity index (χ3n) is 5.35. The van der Waals surface area contributed by atoms with Crippen molar-refractivity contribution in [3.63, 3.8) is 0 Å². The van der Waals surface area contributed by atoms with Crippen LogP contribution >= 0.6 is 0 Å². The lowest BCUT2D eigenvalue weighted by Crippen LogP contribution is -2.35. The van der Waals surface area contributed by atoms with E-state index in [4.69, 9.17) is 10.1 Å². The fraction of sp³-hybridized carbons (Fsp3) is 0.611. The summed E-state index contributed by atoms with van der Waals surface area (Å²) in [6.07, 6.45) is 5.89. The first-order valence-electron chi connectivity index (χ1n) is 7.81. The van der Waals surface area contributed by atoms with Crippen LogP contribution in [0.15, 0.2) is 18.2 Å². The summed E-state index contributed by atoms with van der Waals surface area (Å²) in [5, 5.41) is 8.69. The summed E-state index contributed by atoms with van der Waals surface area (Å²) in [7, 11) is 1.81. The van der Waals surface area contributed by atoms with Gasteiger partial charge in [-0.15, -0.1) is 0 Å². The SMILES string of the molecule is COC1CCC2(CC1)Cc1ccc(C(C)C)cc1C2=N. The Morgan fingerprint density at radius 1 is 1.25 bits per heavy atom. The van der Waals surface area contributed by atoms with Crippen LogP contribution in [-0.2, 0) is 11.2 Å². The summed E-state index contributed by atoms with van der Waals surface area (Å²) in [4.78, 5) is 0. The van der Waals surface area contributed by atoms with Crippen LogP contribution in [0.5, 0.6) is 0 Å². The Kier molecular flexibility index (Phi) is 3.45. The van der Waals surface area contributed by atoms with Gasteiger partial charge >= 0.3 is 0 Å². The highest BCUT2D eigenvalue weighted by Crippen LogP contribution is 2.47. The average Bonchev–Trinajstić information content (AvgIpc) is 2.72. The number of fused-ring (bicyclic) bond motifs is 1. The molecule has 1 saturated carbocycles. The van der Waals surface area contributed by atoms with E-state index < -0.39 is 0 Å². The van der Waals surface area contributed by atoms with E-state index in [1.165, 1.54) is 16.7 Å². The Bertz CT molecular complexity index is 524. The number of methoxy groups -OCH3 is 1. The molecule has 0 atom stereocenters. The van der Waals surface area contributed by atoms with E-state index in [2.05, 4.69) is 32.0 Å². The second kappa shape index (κ2) is 5.00. The molecule has 0 radical (unpaired) electrons. The Morgan fingerprint density at radius 3 is 2.55 bits per heavy atom. The molecular weight excluding hydrogens is 246 g/mol. The van der Waals surface area contributed by atoms with Gasteiger partial charge in [0.15, 0.2) is 0 Å². The molecule has 1 aromatic carbocycles. The second-order valence-corrected chi connectivity index (χ2v) is 6.84. The molecule has 1 aromatic rings. The summed E-state index contributed by atoms with van der Waals surface area (Å²) in [5.41, 5.74) is 4.95. The van der Waals surface area contributed by atoms with Gasteiger partial charge in [0.1, 0.15) is 0 Å². The number of nitrogens with one attached hydrogen (secondary N) is 1. The van der Waals surface area contributed by atoms with Crippen LogP contribution in [0.2, 0.25) is 0 Å². The molecule has 20 heavy (non-hydrogen) atoms. The number of hydrogen-bond acceptors (Lipinski definition) is 2. The van der Waals surface area contributed by atoms with Crippen molar-refractivity contribution in [3.8, 4) is 0 Å². The first-order valence-corrected chi connectivity index (χ1v) is 7.81. The standard InChI is InChI=1S/C18H25NO/c1-12(2)13-4-5-14-11-18(17(19)16(14)10-13)8-6-15(20-3)7-9-18/h4-5,10,12,15,19H,6-9,11H2,1-3H3. The molecule has 2 nitrogen and oxygen atoms in total. The third kappa shape index (κ3) is 2.10. The zero-order valence-electron chi connectivity index (χ0n) is 12.8. The Hall–Kier alpha value is -1.15. The molecule has 2 aliphatic carbocycles. The van der Waals surface area contributed by atoms with Crippen molar-refractivity contribution in [2.75, 3.05) is 7.11 Å². The van der Waals surface area contributed by atoms with Crippen LogP contribution in [0.4, 0.5) is 0 Å². The largest absolute Gasteiger partial charge is 0.381 e. The first kappa shape index (κ1) is 13.8. The lowest BCUT2D eigenvalue weighted by atomic mass is 9.70. The van der Waals surface area contributed by atoms with Crippen LogP contribution < -0.4 is 0 Å². The van der Waals surface area contributed by atoms with Crippen molar-refractivity contribution in [1.82, 2.24) is 0 Å². The van der Waals surface area contributed by atoms with E-state index in [9.17, 15) is 0 Å². The normalized spacial score (nSPS) is 29.2. The highest BCUT2D eigenvalue weighted by atomic mass is 16.5. The van der Waals surface area contributed by atoms with Gasteiger partial charge in [-0.2, -0.15) is 0 Å². The van der Waals surface area contributed by atoms with Gasteiger partial charge in [-0.25, -0.2) is 0 Å². The van der Waals surface area contributed by atoms with Gasteiger partial charge in [-0.1, -0.05) is 26.0 Å². The van der Waals surface area contributed by atoms with E-state index >= 15 is 0 Å². The van der Waals surface area contributed by atoms with Gasteiger partial charge in [-0.05, 0) is 60.8 Å². The molecule has 2 aliphatic rings. The highest BCUT2D eigenvalue weighted by Gasteiger charge is 2.44. The Labute approximate surface area is 122 Å². The maximum Gasteiger partial charge on any atom is 0.0572 e.